The lowest BCUT2D eigenvalue weighted by molar-refractivity contribution is 0.0791. The maximum atomic E-state index is 12.4. The van der Waals surface area contributed by atoms with E-state index in [2.05, 4.69) is 16.5 Å². The number of likely N-dealkylation sites (tertiary alicyclic amines) is 1. The van der Waals surface area contributed by atoms with Crippen molar-refractivity contribution in [3.63, 3.8) is 0 Å². The van der Waals surface area contributed by atoms with Crippen LogP contribution in [0.1, 0.15) is 46.6 Å². The molecule has 2 aliphatic rings. The van der Waals surface area contributed by atoms with E-state index in [0.29, 0.717) is 21.7 Å². The van der Waals surface area contributed by atoms with Crippen LogP contribution in [-0.4, -0.2) is 38.9 Å². The molecule has 1 amide bonds. The third-order valence-electron chi connectivity index (χ3n) is 4.13. The summed E-state index contributed by atoms with van der Waals surface area (Å²) < 4.78 is 2.59. The van der Waals surface area contributed by atoms with E-state index in [1.54, 1.807) is 12.1 Å². The number of nitrogens with zero attached hydrogens (tertiary/aromatic N) is 4. The van der Waals surface area contributed by atoms with Crippen LogP contribution >= 0.6 is 22.9 Å². The molecule has 110 valence electrons. The van der Waals surface area contributed by atoms with Gasteiger partial charge in [-0.05, 0) is 31.4 Å². The summed E-state index contributed by atoms with van der Waals surface area (Å²) in [5, 5.41) is 8.49. The van der Waals surface area contributed by atoms with Gasteiger partial charge in [-0.2, -0.15) is 0 Å². The SMILES string of the molecule is O=C(c1ccc(Cl)s1)N1CCC(n2cc(C3CC3)nn2)C1. The van der Waals surface area contributed by atoms with Crippen molar-refractivity contribution in [2.45, 2.75) is 31.2 Å². The van der Waals surface area contributed by atoms with Crippen molar-refractivity contribution < 1.29 is 4.79 Å². The highest BCUT2D eigenvalue weighted by atomic mass is 35.5. The monoisotopic (exact) mass is 322 g/mol. The summed E-state index contributed by atoms with van der Waals surface area (Å²) in [4.78, 5) is 15.0. The van der Waals surface area contributed by atoms with Gasteiger partial charge in [-0.25, -0.2) is 4.68 Å². The number of thiophene rings is 1. The van der Waals surface area contributed by atoms with Crippen LogP contribution in [0, 0.1) is 0 Å². The van der Waals surface area contributed by atoms with Crippen LogP contribution in [0.3, 0.4) is 0 Å². The van der Waals surface area contributed by atoms with Crippen LogP contribution in [0.25, 0.3) is 0 Å². The highest BCUT2D eigenvalue weighted by Crippen LogP contribution is 2.39. The van der Waals surface area contributed by atoms with Crippen LogP contribution in [0.5, 0.6) is 0 Å². The molecular weight excluding hydrogens is 308 g/mol. The largest absolute Gasteiger partial charge is 0.336 e. The summed E-state index contributed by atoms with van der Waals surface area (Å²) in [6.45, 7) is 1.46. The van der Waals surface area contributed by atoms with Crippen LogP contribution in [0.4, 0.5) is 0 Å². The first-order valence-electron chi connectivity index (χ1n) is 7.17. The van der Waals surface area contributed by atoms with E-state index in [-0.39, 0.29) is 11.9 Å². The van der Waals surface area contributed by atoms with Crippen molar-refractivity contribution in [2.24, 2.45) is 0 Å². The van der Waals surface area contributed by atoms with Gasteiger partial charge in [-0.15, -0.1) is 16.4 Å². The lowest BCUT2D eigenvalue weighted by Gasteiger charge is -2.15. The Hall–Kier alpha value is -1.40. The molecule has 2 fully saturated rings. The molecule has 3 heterocycles. The Bertz CT molecular complexity index is 678. The Morgan fingerprint density at radius 2 is 2.19 bits per heavy atom. The van der Waals surface area contributed by atoms with Crippen molar-refractivity contribution in [1.82, 2.24) is 19.9 Å². The van der Waals surface area contributed by atoms with Gasteiger partial charge in [0.25, 0.3) is 5.91 Å². The third kappa shape index (κ3) is 2.58. The molecule has 0 aromatic carbocycles. The molecule has 2 aromatic heterocycles. The van der Waals surface area contributed by atoms with Crippen LogP contribution in [-0.2, 0) is 0 Å². The summed E-state index contributed by atoms with van der Waals surface area (Å²) in [6.07, 6.45) is 5.44. The number of carbonyl (C=O) groups excluding carboxylic acids is 1. The van der Waals surface area contributed by atoms with E-state index in [1.807, 2.05) is 9.58 Å². The van der Waals surface area contributed by atoms with Gasteiger partial charge in [-0.3, -0.25) is 4.79 Å². The van der Waals surface area contributed by atoms with Crippen LogP contribution < -0.4 is 0 Å². The second-order valence-electron chi connectivity index (χ2n) is 5.70. The highest BCUT2D eigenvalue weighted by Gasteiger charge is 2.31. The number of hydrogen-bond acceptors (Lipinski definition) is 4. The normalized spacial score (nSPS) is 22.0. The minimum absolute atomic E-state index is 0.0666. The Kier molecular flexibility index (Phi) is 3.23. The van der Waals surface area contributed by atoms with Crippen LogP contribution in [0.15, 0.2) is 18.3 Å². The first-order valence-corrected chi connectivity index (χ1v) is 8.36. The van der Waals surface area contributed by atoms with Gasteiger partial charge in [0.2, 0.25) is 0 Å². The van der Waals surface area contributed by atoms with Gasteiger partial charge in [0.15, 0.2) is 0 Å². The van der Waals surface area contributed by atoms with Gasteiger partial charge in [0.05, 0.1) is 20.9 Å². The number of amides is 1. The second kappa shape index (κ2) is 5.10. The second-order valence-corrected chi connectivity index (χ2v) is 7.41. The van der Waals surface area contributed by atoms with Crippen molar-refractivity contribution in [3.8, 4) is 0 Å². The fraction of sp³-hybridized carbons (Fsp3) is 0.500. The average molecular weight is 323 g/mol. The summed E-state index contributed by atoms with van der Waals surface area (Å²) in [6, 6.07) is 3.81. The smallest absolute Gasteiger partial charge is 0.264 e. The zero-order valence-corrected chi connectivity index (χ0v) is 13.0. The number of halogens is 1. The molecule has 7 heteroatoms. The predicted octanol–water partition coefficient (Wildman–Crippen LogP) is 2.96. The number of hydrogen-bond donors (Lipinski definition) is 0. The Labute approximate surface area is 131 Å². The standard InChI is InChI=1S/C14H15ClN4OS/c15-13-4-3-12(21-13)14(20)18-6-5-10(7-18)19-8-11(16-17-19)9-1-2-9/h3-4,8-10H,1-2,5-7H2. The van der Waals surface area contributed by atoms with Gasteiger partial charge in [-0.1, -0.05) is 16.8 Å². The Morgan fingerprint density at radius 3 is 2.90 bits per heavy atom. The highest BCUT2D eigenvalue weighted by molar-refractivity contribution is 7.17. The quantitative estimate of drug-likeness (QED) is 0.873. The average Bonchev–Trinajstić information content (AvgIpc) is 2.94. The molecule has 1 unspecified atom stereocenters. The van der Waals surface area contributed by atoms with Crippen molar-refractivity contribution in [1.29, 1.82) is 0 Å². The maximum absolute atomic E-state index is 12.4. The lowest BCUT2D eigenvalue weighted by Crippen LogP contribution is -2.28. The summed E-state index contributed by atoms with van der Waals surface area (Å²) in [7, 11) is 0. The maximum Gasteiger partial charge on any atom is 0.264 e. The molecule has 1 aliphatic carbocycles. The molecule has 0 radical (unpaired) electrons. The molecule has 21 heavy (non-hydrogen) atoms. The van der Waals surface area contributed by atoms with E-state index in [4.69, 9.17) is 11.6 Å². The molecule has 5 nitrogen and oxygen atoms in total. The minimum atomic E-state index is 0.0666. The van der Waals surface area contributed by atoms with E-state index in [1.165, 1.54) is 24.2 Å². The topological polar surface area (TPSA) is 51.0 Å². The Balaban J connectivity index is 1.45. The van der Waals surface area contributed by atoms with E-state index < -0.39 is 0 Å². The summed E-state index contributed by atoms with van der Waals surface area (Å²) in [5.41, 5.74) is 1.10. The molecule has 0 spiro atoms. The van der Waals surface area contributed by atoms with Crippen molar-refractivity contribution >= 4 is 28.8 Å². The minimum Gasteiger partial charge on any atom is -0.336 e. The number of rotatable bonds is 3. The molecule has 0 bridgehead atoms. The molecule has 2 aromatic rings. The fourth-order valence-corrected chi connectivity index (χ4v) is 3.77. The fourth-order valence-electron chi connectivity index (χ4n) is 2.76. The molecule has 1 atom stereocenters. The van der Waals surface area contributed by atoms with Crippen molar-refractivity contribution in [3.05, 3.63) is 33.2 Å². The summed E-state index contributed by atoms with van der Waals surface area (Å²) in [5.74, 6) is 0.683. The lowest BCUT2D eigenvalue weighted by atomic mass is 10.2. The molecule has 4 rings (SSSR count). The first kappa shape index (κ1) is 13.3. The zero-order valence-electron chi connectivity index (χ0n) is 11.4. The van der Waals surface area contributed by atoms with Crippen LogP contribution in [0.2, 0.25) is 4.34 Å². The van der Waals surface area contributed by atoms with Gasteiger partial charge < -0.3 is 4.90 Å². The van der Waals surface area contributed by atoms with Crippen molar-refractivity contribution in [2.75, 3.05) is 13.1 Å². The first-order chi connectivity index (χ1) is 10.2. The van der Waals surface area contributed by atoms with E-state index in [0.717, 1.165) is 18.7 Å². The predicted molar refractivity (Wildman–Crippen MR) is 80.9 cm³/mol. The number of carbonyl (C=O) groups is 1. The Morgan fingerprint density at radius 1 is 1.33 bits per heavy atom. The molecule has 1 aliphatic heterocycles. The van der Waals surface area contributed by atoms with Gasteiger partial charge >= 0.3 is 0 Å². The zero-order chi connectivity index (χ0) is 14.4. The molecule has 1 saturated carbocycles. The number of aromatic nitrogens is 3. The van der Waals surface area contributed by atoms with Gasteiger partial charge in [0.1, 0.15) is 0 Å². The molecular formula is C14H15ClN4OS. The summed E-state index contributed by atoms with van der Waals surface area (Å²) >= 11 is 7.23. The van der Waals surface area contributed by atoms with E-state index >= 15 is 0 Å². The molecule has 1 saturated heterocycles. The van der Waals surface area contributed by atoms with E-state index in [9.17, 15) is 4.79 Å². The van der Waals surface area contributed by atoms with Gasteiger partial charge in [0, 0.05) is 25.2 Å². The third-order valence-corrected chi connectivity index (χ3v) is 5.35. The molecule has 0 N–H and O–H groups in total.